The number of carbonyl (C=O) groups excluding carboxylic acids is 2. The van der Waals surface area contributed by atoms with E-state index in [2.05, 4.69) is 5.32 Å². The van der Waals surface area contributed by atoms with E-state index in [1.807, 2.05) is 19.1 Å². The normalized spacial score (nSPS) is 11.6. The number of esters is 1. The van der Waals surface area contributed by atoms with Gasteiger partial charge in [0.1, 0.15) is 0 Å². The largest absolute Gasteiger partial charge is 0.452 e. The molecule has 2 rings (SSSR count). The van der Waals surface area contributed by atoms with Crippen LogP contribution in [0.2, 0.25) is 0 Å². The summed E-state index contributed by atoms with van der Waals surface area (Å²) in [5, 5.41) is 2.64. The molecule has 0 saturated carbocycles. The fraction of sp³-hybridized carbons (Fsp3) is 0.176. The summed E-state index contributed by atoms with van der Waals surface area (Å²) in [7, 11) is -1.31. The van der Waals surface area contributed by atoms with Crippen molar-refractivity contribution in [3.8, 4) is 0 Å². The summed E-state index contributed by atoms with van der Waals surface area (Å²) in [6.45, 7) is 1.54. The van der Waals surface area contributed by atoms with Gasteiger partial charge in [-0.1, -0.05) is 29.8 Å². The number of ether oxygens (including phenoxy) is 1. The first kappa shape index (κ1) is 16.9. The fourth-order valence-corrected chi connectivity index (χ4v) is 2.66. The fourth-order valence-electron chi connectivity index (χ4n) is 1.93. The minimum absolute atomic E-state index is 0.205. The van der Waals surface area contributed by atoms with Crippen LogP contribution in [0.4, 0.5) is 5.69 Å². The summed E-state index contributed by atoms with van der Waals surface area (Å²) in [6.07, 6.45) is 1.48. The van der Waals surface area contributed by atoms with Gasteiger partial charge in [0.15, 0.2) is 6.61 Å². The monoisotopic (exact) mass is 331 g/mol. The summed E-state index contributed by atoms with van der Waals surface area (Å²) in [5.74, 6) is -1.10. The molecule has 0 aliphatic carbocycles. The maximum atomic E-state index is 12.0. The van der Waals surface area contributed by atoms with Gasteiger partial charge in [0.05, 0.1) is 21.3 Å². The molecule has 120 valence electrons. The third-order valence-corrected chi connectivity index (χ3v) is 4.06. The number of nitrogens with one attached hydrogen (secondary N) is 1. The predicted octanol–water partition coefficient (Wildman–Crippen LogP) is 2.53. The lowest BCUT2D eigenvalue weighted by Gasteiger charge is -2.08. The van der Waals surface area contributed by atoms with E-state index in [1.165, 1.54) is 12.3 Å². The summed E-state index contributed by atoms with van der Waals surface area (Å²) in [5.41, 5.74) is 1.92. The maximum absolute atomic E-state index is 12.0. The molecule has 0 spiro atoms. The number of anilines is 1. The highest BCUT2D eigenvalue weighted by molar-refractivity contribution is 7.84. The first-order valence-corrected chi connectivity index (χ1v) is 8.49. The van der Waals surface area contributed by atoms with Gasteiger partial charge in [-0.3, -0.25) is 9.00 Å². The Morgan fingerprint density at radius 2 is 1.74 bits per heavy atom. The topological polar surface area (TPSA) is 72.5 Å². The molecule has 5 nitrogen and oxygen atoms in total. The quantitative estimate of drug-likeness (QED) is 0.855. The molecule has 0 aromatic heterocycles. The van der Waals surface area contributed by atoms with Gasteiger partial charge in [0, 0.05) is 11.9 Å². The highest BCUT2D eigenvalue weighted by atomic mass is 32.2. The molecule has 0 aliphatic rings. The van der Waals surface area contributed by atoms with Gasteiger partial charge in [-0.2, -0.15) is 0 Å². The van der Waals surface area contributed by atoms with Crippen LogP contribution in [0.3, 0.4) is 0 Å². The molecule has 2 aromatic carbocycles. The van der Waals surface area contributed by atoms with E-state index in [-0.39, 0.29) is 5.56 Å². The average molecular weight is 331 g/mol. The van der Waals surface area contributed by atoms with Crippen LogP contribution in [-0.2, 0) is 20.3 Å². The number of aryl methyl sites for hydroxylation is 1. The Hall–Kier alpha value is -2.47. The highest BCUT2D eigenvalue weighted by Crippen LogP contribution is 2.14. The molecule has 0 fully saturated rings. The first-order valence-electron chi connectivity index (χ1n) is 6.93. The molecular formula is C17H17NO4S. The second-order valence-electron chi connectivity index (χ2n) is 4.94. The zero-order valence-corrected chi connectivity index (χ0v) is 13.7. The van der Waals surface area contributed by atoms with Crippen molar-refractivity contribution >= 4 is 28.4 Å². The number of amides is 1. The van der Waals surface area contributed by atoms with Crippen LogP contribution in [0.5, 0.6) is 0 Å². The SMILES string of the molecule is Cc1ccc(NC(=O)COC(=O)c2ccccc2[S@@](C)=O)cc1. The molecule has 1 amide bonds. The number of hydrogen-bond acceptors (Lipinski definition) is 4. The van der Waals surface area contributed by atoms with Crippen LogP contribution in [-0.4, -0.2) is 28.9 Å². The second kappa shape index (κ2) is 7.69. The molecule has 1 atom stereocenters. The zero-order chi connectivity index (χ0) is 16.8. The van der Waals surface area contributed by atoms with Gasteiger partial charge in [-0.15, -0.1) is 0 Å². The summed E-state index contributed by atoms with van der Waals surface area (Å²) in [6, 6.07) is 13.7. The molecule has 1 N–H and O–H groups in total. The maximum Gasteiger partial charge on any atom is 0.339 e. The smallest absolute Gasteiger partial charge is 0.339 e. The van der Waals surface area contributed by atoms with E-state index in [0.29, 0.717) is 10.6 Å². The number of carbonyl (C=O) groups is 2. The zero-order valence-electron chi connectivity index (χ0n) is 12.9. The van der Waals surface area contributed by atoms with E-state index >= 15 is 0 Å². The minimum Gasteiger partial charge on any atom is -0.452 e. The van der Waals surface area contributed by atoms with Gasteiger partial charge in [-0.25, -0.2) is 4.79 Å². The van der Waals surface area contributed by atoms with Crippen molar-refractivity contribution in [2.75, 3.05) is 18.2 Å². The van der Waals surface area contributed by atoms with Crippen molar-refractivity contribution in [1.82, 2.24) is 0 Å². The lowest BCUT2D eigenvalue weighted by molar-refractivity contribution is -0.119. The van der Waals surface area contributed by atoms with E-state index in [0.717, 1.165) is 5.56 Å². The van der Waals surface area contributed by atoms with E-state index in [1.54, 1.807) is 30.3 Å². The lowest BCUT2D eigenvalue weighted by Crippen LogP contribution is -2.21. The van der Waals surface area contributed by atoms with Crippen LogP contribution in [0, 0.1) is 6.92 Å². The van der Waals surface area contributed by atoms with Gasteiger partial charge in [0.2, 0.25) is 0 Å². The first-order chi connectivity index (χ1) is 11.0. The van der Waals surface area contributed by atoms with Crippen LogP contribution < -0.4 is 5.32 Å². The third kappa shape index (κ3) is 4.75. The Labute approximate surface area is 137 Å². The van der Waals surface area contributed by atoms with Crippen LogP contribution >= 0.6 is 0 Å². The van der Waals surface area contributed by atoms with Crippen LogP contribution in [0.1, 0.15) is 15.9 Å². The molecule has 0 saturated heterocycles. The van der Waals surface area contributed by atoms with Crippen molar-refractivity contribution in [3.63, 3.8) is 0 Å². The van der Waals surface area contributed by atoms with Gasteiger partial charge >= 0.3 is 5.97 Å². The summed E-state index contributed by atoms with van der Waals surface area (Å²) < 4.78 is 16.6. The highest BCUT2D eigenvalue weighted by Gasteiger charge is 2.16. The average Bonchev–Trinajstić information content (AvgIpc) is 2.54. The van der Waals surface area contributed by atoms with Crippen LogP contribution in [0.15, 0.2) is 53.4 Å². The second-order valence-corrected chi connectivity index (χ2v) is 6.29. The standard InChI is InChI=1S/C17H17NO4S/c1-12-7-9-13(10-8-12)18-16(19)11-22-17(20)14-5-3-4-6-15(14)23(2)21/h3-10H,11H2,1-2H3,(H,18,19)/t23-/m1/s1. The van der Waals surface area contributed by atoms with E-state index in [9.17, 15) is 13.8 Å². The molecule has 0 aliphatic heterocycles. The Kier molecular flexibility index (Phi) is 5.65. The Balaban J connectivity index is 1.95. The number of rotatable bonds is 5. The molecular weight excluding hydrogens is 314 g/mol. The van der Waals surface area contributed by atoms with E-state index in [4.69, 9.17) is 4.74 Å². The molecule has 0 unspecified atom stereocenters. The van der Waals surface area contributed by atoms with Crippen LogP contribution in [0.25, 0.3) is 0 Å². The van der Waals surface area contributed by atoms with Crippen molar-refractivity contribution < 1.29 is 18.5 Å². The van der Waals surface area contributed by atoms with E-state index < -0.39 is 29.3 Å². The summed E-state index contributed by atoms with van der Waals surface area (Å²) >= 11 is 0. The van der Waals surface area contributed by atoms with Crippen molar-refractivity contribution in [2.45, 2.75) is 11.8 Å². The van der Waals surface area contributed by atoms with Crippen molar-refractivity contribution in [2.24, 2.45) is 0 Å². The predicted molar refractivity (Wildman–Crippen MR) is 88.9 cm³/mol. The molecule has 23 heavy (non-hydrogen) atoms. The molecule has 0 heterocycles. The lowest BCUT2D eigenvalue weighted by atomic mass is 10.2. The van der Waals surface area contributed by atoms with Crippen molar-refractivity contribution in [3.05, 3.63) is 59.7 Å². The Morgan fingerprint density at radius 3 is 2.39 bits per heavy atom. The van der Waals surface area contributed by atoms with Crippen molar-refractivity contribution in [1.29, 1.82) is 0 Å². The third-order valence-electron chi connectivity index (χ3n) is 3.09. The Morgan fingerprint density at radius 1 is 1.09 bits per heavy atom. The van der Waals surface area contributed by atoms with Gasteiger partial charge < -0.3 is 10.1 Å². The Bertz CT molecular complexity index is 741. The summed E-state index contributed by atoms with van der Waals surface area (Å²) in [4.78, 5) is 24.2. The van der Waals surface area contributed by atoms with Gasteiger partial charge in [-0.05, 0) is 31.2 Å². The molecule has 6 heteroatoms. The molecule has 0 bridgehead atoms. The number of benzene rings is 2. The molecule has 2 aromatic rings. The van der Waals surface area contributed by atoms with Gasteiger partial charge in [0.25, 0.3) is 5.91 Å². The number of hydrogen-bond donors (Lipinski definition) is 1. The molecule has 0 radical (unpaired) electrons. The minimum atomic E-state index is -1.31.